The molecule has 0 aliphatic carbocycles. The predicted molar refractivity (Wildman–Crippen MR) is 203 cm³/mol. The molecule has 47 heavy (non-hydrogen) atoms. The van der Waals surface area contributed by atoms with Crippen LogP contribution >= 0.6 is 0 Å². The molecule has 0 aromatic heterocycles. The summed E-state index contributed by atoms with van der Waals surface area (Å²) in [5, 5.41) is 10.1. The van der Waals surface area contributed by atoms with Gasteiger partial charge in [0.1, 0.15) is 5.75 Å². The van der Waals surface area contributed by atoms with Crippen molar-refractivity contribution in [2.75, 3.05) is 9.80 Å². The summed E-state index contributed by atoms with van der Waals surface area (Å²) in [6.45, 7) is 10.6. The summed E-state index contributed by atoms with van der Waals surface area (Å²) >= 11 is 0. The molecule has 242 valence electrons. The predicted octanol–water partition coefficient (Wildman–Crippen LogP) is 12.3. The van der Waals surface area contributed by atoms with Crippen molar-refractivity contribution in [3.05, 3.63) is 163 Å². The first-order valence-corrected chi connectivity index (χ1v) is 16.3. The number of benzene rings is 6. The number of phenols is 1. The van der Waals surface area contributed by atoms with Crippen LogP contribution in [0.5, 0.6) is 5.75 Å². The van der Waals surface area contributed by atoms with E-state index in [1.165, 1.54) is 18.4 Å². The minimum Gasteiger partial charge on any atom is -0.508 e. The maximum atomic E-state index is 10.1. The lowest BCUT2D eigenvalue weighted by atomic mass is 10.0. The zero-order valence-corrected chi connectivity index (χ0v) is 28.3. The van der Waals surface area contributed by atoms with Gasteiger partial charge in [0.15, 0.2) is 0 Å². The molecule has 3 N–H and O–H groups in total. The third kappa shape index (κ3) is 9.83. The molecule has 0 saturated heterocycles. The normalized spacial score (nSPS) is 9.89. The van der Waals surface area contributed by atoms with Crippen molar-refractivity contribution >= 4 is 34.1 Å². The highest BCUT2D eigenvalue weighted by Gasteiger charge is 2.14. The van der Waals surface area contributed by atoms with Crippen LogP contribution in [-0.4, -0.2) is 10.6 Å². The largest absolute Gasteiger partial charge is 0.508 e. The van der Waals surface area contributed by atoms with Gasteiger partial charge in [-0.3, -0.25) is 0 Å². The van der Waals surface area contributed by atoms with Gasteiger partial charge in [0.05, 0.1) is 0 Å². The fraction of sp³-hybridized carbons (Fsp3) is 0.163. The maximum absolute atomic E-state index is 10.1. The average molecular weight is 625 g/mol. The van der Waals surface area contributed by atoms with E-state index in [2.05, 4.69) is 154 Å². The van der Waals surface area contributed by atoms with Crippen molar-refractivity contribution < 1.29 is 10.6 Å². The van der Waals surface area contributed by atoms with E-state index in [0.29, 0.717) is 0 Å². The van der Waals surface area contributed by atoms with E-state index in [-0.39, 0.29) is 11.2 Å². The Balaban J connectivity index is 0.000000799. The van der Waals surface area contributed by atoms with Crippen molar-refractivity contribution in [1.82, 2.24) is 0 Å². The highest BCUT2D eigenvalue weighted by molar-refractivity contribution is 5.81. The molecule has 0 aliphatic rings. The van der Waals surface area contributed by atoms with Crippen LogP contribution in [-0.2, 0) is 0 Å². The van der Waals surface area contributed by atoms with E-state index < -0.39 is 0 Å². The number of hydrogen-bond acceptors (Lipinski definition) is 3. The zero-order valence-electron chi connectivity index (χ0n) is 28.3. The molecule has 6 rings (SSSR count). The minimum atomic E-state index is 0. The third-order valence-corrected chi connectivity index (χ3v) is 6.96. The fourth-order valence-electron chi connectivity index (χ4n) is 5.05. The van der Waals surface area contributed by atoms with Gasteiger partial charge in [0, 0.05) is 40.2 Å². The number of phenolic OH excluding ortho intramolecular Hbond substituents is 1. The van der Waals surface area contributed by atoms with Crippen molar-refractivity contribution in [3.63, 3.8) is 0 Å². The van der Waals surface area contributed by atoms with Crippen molar-refractivity contribution in [1.29, 1.82) is 0 Å². The molecule has 0 spiro atoms. The van der Waals surface area contributed by atoms with Gasteiger partial charge in [0.25, 0.3) is 0 Å². The first kappa shape index (κ1) is 36.2. The molecule has 0 saturated carbocycles. The SMILES string of the molecule is CCC.CCC.Cc1cccc(N(c2ccccc2)c2ccc(-c3ccc(N(c4ccccc4)c4cccc(O)c4)cc3)cc2)c1.O. The highest BCUT2D eigenvalue weighted by atomic mass is 16.3. The van der Waals surface area contributed by atoms with Crippen LogP contribution in [0.1, 0.15) is 46.1 Å². The average Bonchev–Trinajstić information content (AvgIpc) is 3.08. The van der Waals surface area contributed by atoms with Crippen LogP contribution < -0.4 is 9.80 Å². The Bertz CT molecular complexity index is 1600. The summed E-state index contributed by atoms with van der Waals surface area (Å²) in [6.07, 6.45) is 2.50. The summed E-state index contributed by atoms with van der Waals surface area (Å²) in [6, 6.07) is 53.9. The van der Waals surface area contributed by atoms with Gasteiger partial charge in [-0.2, -0.15) is 0 Å². The summed E-state index contributed by atoms with van der Waals surface area (Å²) in [5.74, 6) is 0.241. The topological polar surface area (TPSA) is 58.2 Å². The lowest BCUT2D eigenvalue weighted by Crippen LogP contribution is -2.10. The molecule has 0 bridgehead atoms. The smallest absolute Gasteiger partial charge is 0.117 e. The molecule has 0 amide bonds. The fourth-order valence-corrected chi connectivity index (χ4v) is 5.05. The van der Waals surface area contributed by atoms with Crippen LogP contribution in [0.3, 0.4) is 0 Å². The summed E-state index contributed by atoms with van der Waals surface area (Å²) < 4.78 is 0. The van der Waals surface area contributed by atoms with E-state index in [1.807, 2.05) is 36.4 Å². The number of rotatable bonds is 7. The molecular weight excluding hydrogens is 576 g/mol. The van der Waals surface area contributed by atoms with Gasteiger partial charge in [-0.05, 0) is 96.4 Å². The Morgan fingerprint density at radius 2 is 0.745 bits per heavy atom. The lowest BCUT2D eigenvalue weighted by Gasteiger charge is -2.26. The van der Waals surface area contributed by atoms with Crippen LogP contribution in [0.15, 0.2) is 158 Å². The highest BCUT2D eigenvalue weighted by Crippen LogP contribution is 2.38. The third-order valence-electron chi connectivity index (χ3n) is 6.96. The first-order chi connectivity index (χ1) is 22.5. The number of para-hydroxylation sites is 2. The number of nitrogens with zero attached hydrogens (tertiary/aromatic N) is 2. The van der Waals surface area contributed by atoms with Crippen molar-refractivity contribution in [3.8, 4) is 16.9 Å². The van der Waals surface area contributed by atoms with Crippen LogP contribution in [0.4, 0.5) is 34.1 Å². The van der Waals surface area contributed by atoms with Crippen molar-refractivity contribution in [2.24, 2.45) is 0 Å². The molecule has 0 radical (unpaired) electrons. The van der Waals surface area contributed by atoms with Gasteiger partial charge in [-0.25, -0.2) is 0 Å². The van der Waals surface area contributed by atoms with E-state index in [1.54, 1.807) is 12.1 Å². The molecular formula is C43H48N2O2. The van der Waals surface area contributed by atoms with E-state index in [0.717, 1.165) is 45.3 Å². The molecule has 6 aromatic carbocycles. The monoisotopic (exact) mass is 624 g/mol. The molecule has 6 aromatic rings. The Morgan fingerprint density at radius 1 is 0.404 bits per heavy atom. The van der Waals surface area contributed by atoms with Crippen LogP contribution in [0, 0.1) is 6.92 Å². The number of aryl methyl sites for hydroxylation is 1. The summed E-state index contributed by atoms with van der Waals surface area (Å²) in [4.78, 5) is 4.43. The van der Waals surface area contributed by atoms with Gasteiger partial charge in [0.2, 0.25) is 0 Å². The molecule has 0 heterocycles. The lowest BCUT2D eigenvalue weighted by molar-refractivity contribution is 0.475. The van der Waals surface area contributed by atoms with Gasteiger partial charge >= 0.3 is 0 Å². The molecule has 0 fully saturated rings. The minimum absolute atomic E-state index is 0. The van der Waals surface area contributed by atoms with Crippen LogP contribution in [0.25, 0.3) is 11.1 Å². The Hall–Kier alpha value is -5.32. The zero-order chi connectivity index (χ0) is 32.7. The quantitative estimate of drug-likeness (QED) is 0.192. The summed E-state index contributed by atoms with van der Waals surface area (Å²) in [7, 11) is 0. The van der Waals surface area contributed by atoms with Gasteiger partial charge in [-0.15, -0.1) is 0 Å². The van der Waals surface area contributed by atoms with Gasteiger partial charge in [-0.1, -0.05) is 119 Å². The Morgan fingerprint density at radius 3 is 1.13 bits per heavy atom. The second kappa shape index (κ2) is 18.6. The molecule has 0 atom stereocenters. The first-order valence-electron chi connectivity index (χ1n) is 16.3. The maximum Gasteiger partial charge on any atom is 0.117 e. The summed E-state index contributed by atoms with van der Waals surface area (Å²) in [5.41, 5.74) is 9.84. The standard InChI is InChI=1S/C37H30N2O.2C3H8.H2O/c1-28-10-8-15-35(26-28)38(31-11-4-2-5-12-31)33-22-18-29(19-23-33)30-20-24-34(25-21-30)39(32-13-6-3-7-14-32)36-16-9-17-37(40)27-36;2*1-3-2;/h2-27,40H,1H3;2*3H2,1-2H3;1H2. The number of anilines is 6. The molecule has 4 nitrogen and oxygen atoms in total. The van der Waals surface area contributed by atoms with E-state index in [4.69, 9.17) is 0 Å². The number of aromatic hydroxyl groups is 1. The van der Waals surface area contributed by atoms with Crippen LogP contribution in [0.2, 0.25) is 0 Å². The second-order valence-corrected chi connectivity index (χ2v) is 11.2. The Kier molecular flexibility index (Phi) is 14.3. The number of hydrogen-bond donors (Lipinski definition) is 1. The molecule has 0 unspecified atom stereocenters. The molecule has 0 aliphatic heterocycles. The second-order valence-electron chi connectivity index (χ2n) is 11.2. The van der Waals surface area contributed by atoms with Gasteiger partial charge < -0.3 is 20.4 Å². The molecule has 4 heteroatoms. The van der Waals surface area contributed by atoms with E-state index >= 15 is 0 Å². The Labute approximate surface area is 281 Å². The van der Waals surface area contributed by atoms with Crippen molar-refractivity contribution in [2.45, 2.75) is 47.5 Å². The van der Waals surface area contributed by atoms with E-state index in [9.17, 15) is 5.11 Å².